The van der Waals surface area contributed by atoms with Crippen molar-refractivity contribution in [2.75, 3.05) is 6.54 Å². The third-order valence-electron chi connectivity index (χ3n) is 1.98. The smallest absolute Gasteiger partial charge is 0.248 e. The molecule has 1 aromatic heterocycles. The van der Waals surface area contributed by atoms with Crippen LogP contribution < -0.4 is 5.73 Å². The van der Waals surface area contributed by atoms with Crippen LogP contribution in [0.4, 0.5) is 8.78 Å². The van der Waals surface area contributed by atoms with E-state index in [4.69, 9.17) is 5.73 Å². The first kappa shape index (κ1) is 10.1. The topological polar surface area (TPSA) is 43.8 Å². The zero-order valence-electron chi connectivity index (χ0n) is 7.67. The van der Waals surface area contributed by atoms with Gasteiger partial charge in [-0.15, -0.1) is 0 Å². The van der Waals surface area contributed by atoms with Gasteiger partial charge in [-0.1, -0.05) is 0 Å². The van der Waals surface area contributed by atoms with Crippen molar-refractivity contribution in [1.82, 2.24) is 9.78 Å². The molecule has 1 atom stereocenters. The van der Waals surface area contributed by atoms with E-state index in [0.717, 1.165) is 5.69 Å². The fraction of sp³-hybridized carbons (Fsp3) is 0.625. The molecule has 0 aliphatic carbocycles. The van der Waals surface area contributed by atoms with Crippen LogP contribution in [0.5, 0.6) is 0 Å². The second-order valence-electron chi connectivity index (χ2n) is 3.01. The van der Waals surface area contributed by atoms with Gasteiger partial charge in [0.05, 0.1) is 11.6 Å². The van der Waals surface area contributed by atoms with Gasteiger partial charge in [-0.25, -0.2) is 8.78 Å². The average Bonchev–Trinajstić information content (AvgIpc) is 2.31. The SMILES string of the molecule is Cc1cc(C(CN)C(F)F)n(C)n1. The second-order valence-corrected chi connectivity index (χ2v) is 3.01. The number of alkyl halides is 2. The number of rotatable bonds is 3. The lowest BCUT2D eigenvalue weighted by molar-refractivity contribution is 0.113. The fourth-order valence-corrected chi connectivity index (χ4v) is 1.33. The molecule has 1 unspecified atom stereocenters. The number of aryl methyl sites for hydroxylation is 2. The van der Waals surface area contributed by atoms with E-state index in [2.05, 4.69) is 5.10 Å². The highest BCUT2D eigenvalue weighted by atomic mass is 19.3. The van der Waals surface area contributed by atoms with Crippen molar-refractivity contribution in [2.45, 2.75) is 19.3 Å². The third kappa shape index (κ3) is 2.03. The molecule has 0 saturated heterocycles. The maximum absolute atomic E-state index is 12.5. The van der Waals surface area contributed by atoms with E-state index in [1.807, 2.05) is 0 Å². The van der Waals surface area contributed by atoms with Crippen LogP contribution in [0.2, 0.25) is 0 Å². The Balaban J connectivity index is 2.97. The first-order valence-corrected chi connectivity index (χ1v) is 4.05. The molecule has 0 aliphatic rings. The predicted molar refractivity (Wildman–Crippen MR) is 45.7 cm³/mol. The van der Waals surface area contributed by atoms with Gasteiger partial charge in [0.15, 0.2) is 0 Å². The molecular formula is C8H13F2N3. The maximum Gasteiger partial charge on any atom is 0.248 e. The number of hydrogen-bond acceptors (Lipinski definition) is 2. The Hall–Kier alpha value is -0.970. The monoisotopic (exact) mass is 189 g/mol. The summed E-state index contributed by atoms with van der Waals surface area (Å²) < 4.78 is 26.4. The molecule has 1 heterocycles. The van der Waals surface area contributed by atoms with Crippen LogP contribution in [0.3, 0.4) is 0 Å². The summed E-state index contributed by atoms with van der Waals surface area (Å²) in [6, 6.07) is 1.64. The lowest BCUT2D eigenvalue weighted by atomic mass is 10.1. The molecule has 0 amide bonds. The Morgan fingerprint density at radius 2 is 2.23 bits per heavy atom. The van der Waals surface area contributed by atoms with Crippen molar-refractivity contribution in [3.63, 3.8) is 0 Å². The summed E-state index contributed by atoms with van der Waals surface area (Å²) in [7, 11) is 1.65. The van der Waals surface area contributed by atoms with Crippen LogP contribution in [0.1, 0.15) is 17.3 Å². The summed E-state index contributed by atoms with van der Waals surface area (Å²) in [4.78, 5) is 0. The first-order valence-electron chi connectivity index (χ1n) is 4.05. The summed E-state index contributed by atoms with van der Waals surface area (Å²) in [5, 5.41) is 3.99. The van der Waals surface area contributed by atoms with E-state index in [0.29, 0.717) is 5.69 Å². The van der Waals surface area contributed by atoms with Crippen LogP contribution in [-0.2, 0) is 7.05 Å². The largest absolute Gasteiger partial charge is 0.330 e. The number of halogens is 2. The van der Waals surface area contributed by atoms with Crippen LogP contribution in [0.15, 0.2) is 6.07 Å². The van der Waals surface area contributed by atoms with E-state index in [9.17, 15) is 8.78 Å². The summed E-state index contributed by atoms with van der Waals surface area (Å²) in [6.07, 6.45) is -2.43. The van der Waals surface area contributed by atoms with Crippen molar-refractivity contribution >= 4 is 0 Å². The summed E-state index contributed by atoms with van der Waals surface area (Å²) in [5.74, 6) is -0.911. The highest BCUT2D eigenvalue weighted by Gasteiger charge is 2.23. The molecule has 0 aromatic carbocycles. The van der Waals surface area contributed by atoms with Crippen LogP contribution in [0, 0.1) is 6.92 Å². The lowest BCUT2D eigenvalue weighted by Crippen LogP contribution is -2.22. The molecule has 2 N–H and O–H groups in total. The number of nitrogens with two attached hydrogens (primary N) is 1. The molecule has 5 heteroatoms. The second kappa shape index (κ2) is 3.83. The Labute approximate surface area is 75.5 Å². The third-order valence-corrected chi connectivity index (χ3v) is 1.98. The van der Waals surface area contributed by atoms with E-state index >= 15 is 0 Å². The van der Waals surface area contributed by atoms with Crippen LogP contribution in [0.25, 0.3) is 0 Å². The molecule has 3 nitrogen and oxygen atoms in total. The Morgan fingerprint density at radius 1 is 1.62 bits per heavy atom. The zero-order chi connectivity index (χ0) is 10.0. The number of nitrogens with zero attached hydrogens (tertiary/aromatic N) is 2. The average molecular weight is 189 g/mol. The molecule has 0 radical (unpaired) electrons. The maximum atomic E-state index is 12.5. The zero-order valence-corrected chi connectivity index (χ0v) is 7.67. The van der Waals surface area contributed by atoms with Gasteiger partial charge >= 0.3 is 0 Å². The molecule has 0 bridgehead atoms. The molecule has 1 rings (SSSR count). The van der Waals surface area contributed by atoms with E-state index in [1.165, 1.54) is 4.68 Å². The van der Waals surface area contributed by atoms with Gasteiger partial charge in [0, 0.05) is 19.3 Å². The van der Waals surface area contributed by atoms with Crippen molar-refractivity contribution in [3.8, 4) is 0 Å². The molecule has 13 heavy (non-hydrogen) atoms. The number of hydrogen-bond donors (Lipinski definition) is 1. The summed E-state index contributed by atoms with van der Waals surface area (Å²) >= 11 is 0. The number of aromatic nitrogens is 2. The Morgan fingerprint density at radius 3 is 2.54 bits per heavy atom. The first-order chi connectivity index (χ1) is 6.06. The van der Waals surface area contributed by atoms with Crippen LogP contribution in [-0.4, -0.2) is 22.8 Å². The van der Waals surface area contributed by atoms with Gasteiger partial charge in [0.1, 0.15) is 0 Å². The van der Waals surface area contributed by atoms with Crippen LogP contribution >= 0.6 is 0 Å². The molecular weight excluding hydrogens is 176 g/mol. The summed E-state index contributed by atoms with van der Waals surface area (Å²) in [5.41, 5.74) is 6.49. The minimum absolute atomic E-state index is 0.0589. The summed E-state index contributed by atoms with van der Waals surface area (Å²) in [6.45, 7) is 1.71. The van der Waals surface area contributed by atoms with Crippen molar-refractivity contribution in [1.29, 1.82) is 0 Å². The van der Waals surface area contributed by atoms with Gasteiger partial charge < -0.3 is 5.73 Å². The van der Waals surface area contributed by atoms with Crippen molar-refractivity contribution in [3.05, 3.63) is 17.5 Å². The molecule has 1 aromatic rings. The molecule has 74 valence electrons. The normalized spacial score (nSPS) is 13.7. The predicted octanol–water partition coefficient (Wildman–Crippen LogP) is 1.04. The highest BCUT2D eigenvalue weighted by molar-refractivity contribution is 5.14. The highest BCUT2D eigenvalue weighted by Crippen LogP contribution is 2.22. The van der Waals surface area contributed by atoms with Gasteiger partial charge in [-0.2, -0.15) is 5.10 Å². The van der Waals surface area contributed by atoms with Crippen molar-refractivity contribution in [2.24, 2.45) is 12.8 Å². The standard InChI is InChI=1S/C8H13F2N3/c1-5-3-7(13(2)12-5)6(4-11)8(9)10/h3,6,8H,4,11H2,1-2H3. The fourth-order valence-electron chi connectivity index (χ4n) is 1.33. The molecule has 0 spiro atoms. The molecule has 0 saturated carbocycles. The van der Waals surface area contributed by atoms with Crippen molar-refractivity contribution < 1.29 is 8.78 Å². The van der Waals surface area contributed by atoms with Gasteiger partial charge in [-0.05, 0) is 13.0 Å². The van der Waals surface area contributed by atoms with E-state index in [-0.39, 0.29) is 6.54 Å². The van der Waals surface area contributed by atoms with E-state index < -0.39 is 12.3 Å². The Kier molecular flexibility index (Phi) is 2.98. The Bertz CT molecular complexity index is 283. The van der Waals surface area contributed by atoms with Gasteiger partial charge in [0.2, 0.25) is 6.43 Å². The quantitative estimate of drug-likeness (QED) is 0.772. The minimum atomic E-state index is -2.43. The van der Waals surface area contributed by atoms with Gasteiger partial charge in [0.25, 0.3) is 0 Å². The minimum Gasteiger partial charge on any atom is -0.330 e. The lowest BCUT2D eigenvalue weighted by Gasteiger charge is -2.13. The van der Waals surface area contributed by atoms with Gasteiger partial charge in [-0.3, -0.25) is 4.68 Å². The molecule has 0 aliphatic heterocycles. The molecule has 0 fully saturated rings. The van der Waals surface area contributed by atoms with E-state index in [1.54, 1.807) is 20.0 Å².